The first-order valence-corrected chi connectivity index (χ1v) is 14.6. The van der Waals surface area contributed by atoms with Crippen LogP contribution < -0.4 is 14.8 Å². The summed E-state index contributed by atoms with van der Waals surface area (Å²) in [6.07, 6.45) is 9.80. The SMILES string of the molecule is CCC=CC(=O)N(CC1CCCCC1)[C@@H]1CC(C(=O)NCCO)=C[C@H](Oc2c(I)cc(C=O)cc2OC)[C@H]1O. The third kappa shape index (κ3) is 8.28. The summed E-state index contributed by atoms with van der Waals surface area (Å²) in [5.74, 6) is 0.375. The summed E-state index contributed by atoms with van der Waals surface area (Å²) in [6, 6.07) is 2.48. The maximum Gasteiger partial charge on any atom is 0.247 e. The predicted molar refractivity (Wildman–Crippen MR) is 156 cm³/mol. The van der Waals surface area contributed by atoms with Gasteiger partial charge < -0.3 is 29.9 Å². The van der Waals surface area contributed by atoms with Gasteiger partial charge in [0.25, 0.3) is 0 Å². The summed E-state index contributed by atoms with van der Waals surface area (Å²) < 4.78 is 12.3. The Morgan fingerprint density at radius 1 is 1.23 bits per heavy atom. The molecule has 3 rings (SSSR count). The summed E-state index contributed by atoms with van der Waals surface area (Å²) in [6.45, 7) is 2.31. The fourth-order valence-corrected chi connectivity index (χ4v) is 5.94. The fraction of sp³-hybridized carbons (Fsp3) is 0.552. The Morgan fingerprint density at radius 2 is 1.97 bits per heavy atom. The zero-order valence-electron chi connectivity index (χ0n) is 22.6. The second kappa shape index (κ2) is 15.4. The summed E-state index contributed by atoms with van der Waals surface area (Å²) in [5.41, 5.74) is 0.778. The quantitative estimate of drug-likeness (QED) is 0.179. The van der Waals surface area contributed by atoms with Crippen LogP contribution in [0, 0.1) is 9.49 Å². The van der Waals surface area contributed by atoms with Gasteiger partial charge in [0.1, 0.15) is 18.5 Å². The Labute approximate surface area is 243 Å². The number of carbonyl (C=O) groups is 3. The van der Waals surface area contributed by atoms with Gasteiger partial charge in [0.2, 0.25) is 11.8 Å². The molecule has 0 saturated heterocycles. The van der Waals surface area contributed by atoms with E-state index in [1.807, 2.05) is 29.5 Å². The van der Waals surface area contributed by atoms with E-state index in [9.17, 15) is 24.6 Å². The number of aliphatic hydroxyl groups excluding tert-OH is 2. The number of amides is 2. The van der Waals surface area contributed by atoms with Gasteiger partial charge in [-0.3, -0.25) is 14.4 Å². The van der Waals surface area contributed by atoms with Crippen molar-refractivity contribution in [1.82, 2.24) is 10.2 Å². The molecule has 0 bridgehead atoms. The van der Waals surface area contributed by atoms with Crippen molar-refractivity contribution in [2.24, 2.45) is 5.92 Å². The third-order valence-electron chi connectivity index (χ3n) is 7.22. The number of nitrogens with one attached hydrogen (secondary N) is 1. The Bertz CT molecular complexity index is 1070. The molecule has 0 radical (unpaired) electrons. The second-order valence-electron chi connectivity index (χ2n) is 9.97. The third-order valence-corrected chi connectivity index (χ3v) is 8.02. The Kier molecular flexibility index (Phi) is 12.3. The first kappa shape index (κ1) is 31.1. The Morgan fingerprint density at radius 3 is 2.62 bits per heavy atom. The minimum absolute atomic E-state index is 0.0811. The first-order chi connectivity index (χ1) is 18.8. The predicted octanol–water partition coefficient (Wildman–Crippen LogP) is 3.40. The van der Waals surface area contributed by atoms with E-state index in [0.29, 0.717) is 51.4 Å². The molecule has 1 fully saturated rings. The van der Waals surface area contributed by atoms with Crippen LogP contribution in [0.2, 0.25) is 0 Å². The van der Waals surface area contributed by atoms with Crippen molar-refractivity contribution in [3.05, 3.63) is 45.1 Å². The van der Waals surface area contributed by atoms with Crippen molar-refractivity contribution in [1.29, 1.82) is 0 Å². The lowest BCUT2D eigenvalue weighted by Crippen LogP contribution is -2.56. The lowest BCUT2D eigenvalue weighted by Gasteiger charge is -2.42. The van der Waals surface area contributed by atoms with Crippen LogP contribution in [0.4, 0.5) is 0 Å². The molecule has 3 N–H and O–H groups in total. The van der Waals surface area contributed by atoms with Crippen LogP contribution in [-0.4, -0.2) is 78.3 Å². The Balaban J connectivity index is 2.00. The standard InChI is InChI=1S/C29H39IN2O7/c1-3-4-10-26(35)32(17-19-8-6-5-7-9-19)23-15-21(29(37)31-11-12-33)16-24(27(23)36)39-28-22(30)13-20(18-34)14-25(28)38-2/h4,10,13-14,16,18-19,23-24,27,33,36H,3,5-9,11-12,15,17H2,1-2H3,(H,31,37)/t23-,24+,27+/m1/s1. The molecule has 39 heavy (non-hydrogen) atoms. The number of aldehydes is 1. The maximum absolute atomic E-state index is 13.4. The highest BCUT2D eigenvalue weighted by atomic mass is 127. The summed E-state index contributed by atoms with van der Waals surface area (Å²) >= 11 is 2.03. The van der Waals surface area contributed by atoms with Crippen molar-refractivity contribution in [2.75, 3.05) is 26.8 Å². The number of hydrogen-bond donors (Lipinski definition) is 3. The van der Waals surface area contributed by atoms with E-state index in [1.165, 1.54) is 13.5 Å². The van der Waals surface area contributed by atoms with Gasteiger partial charge in [-0.05, 0) is 72.1 Å². The highest BCUT2D eigenvalue weighted by Gasteiger charge is 2.41. The Hall–Kier alpha value is -2.44. The smallest absolute Gasteiger partial charge is 0.247 e. The molecule has 2 aliphatic carbocycles. The van der Waals surface area contributed by atoms with Gasteiger partial charge in [-0.2, -0.15) is 0 Å². The highest BCUT2D eigenvalue weighted by molar-refractivity contribution is 14.1. The number of nitrogens with zero attached hydrogens (tertiary/aromatic N) is 1. The number of methoxy groups -OCH3 is 1. The second-order valence-corrected chi connectivity index (χ2v) is 11.1. The van der Waals surface area contributed by atoms with Crippen LogP contribution in [0.25, 0.3) is 0 Å². The molecule has 214 valence electrons. The summed E-state index contributed by atoms with van der Waals surface area (Å²) in [4.78, 5) is 39.5. The normalized spacial score (nSPS) is 21.8. The number of allylic oxidation sites excluding steroid dienone is 1. The van der Waals surface area contributed by atoms with Gasteiger partial charge in [0.05, 0.1) is 23.3 Å². The van der Waals surface area contributed by atoms with Gasteiger partial charge in [0.15, 0.2) is 11.5 Å². The average Bonchev–Trinajstić information content (AvgIpc) is 2.95. The van der Waals surface area contributed by atoms with Crippen molar-refractivity contribution in [2.45, 2.75) is 70.1 Å². The molecule has 9 nitrogen and oxygen atoms in total. The number of ether oxygens (including phenoxy) is 2. The highest BCUT2D eigenvalue weighted by Crippen LogP contribution is 2.37. The number of aliphatic hydroxyl groups is 2. The van der Waals surface area contributed by atoms with Crippen LogP contribution in [0.1, 0.15) is 62.2 Å². The van der Waals surface area contributed by atoms with Gasteiger partial charge in [0, 0.05) is 30.6 Å². The van der Waals surface area contributed by atoms with E-state index in [4.69, 9.17) is 9.47 Å². The summed E-state index contributed by atoms with van der Waals surface area (Å²) in [5, 5.41) is 23.5. The van der Waals surface area contributed by atoms with Gasteiger partial charge in [-0.1, -0.05) is 32.3 Å². The first-order valence-electron chi connectivity index (χ1n) is 13.6. The molecule has 3 atom stereocenters. The molecule has 0 aliphatic heterocycles. The molecule has 0 aromatic heterocycles. The maximum atomic E-state index is 13.4. The van der Waals surface area contributed by atoms with Crippen LogP contribution in [0.15, 0.2) is 35.9 Å². The van der Waals surface area contributed by atoms with Crippen molar-refractivity contribution in [3.8, 4) is 11.5 Å². The molecular weight excluding hydrogens is 615 g/mol. The molecular formula is C29H39IN2O7. The molecule has 1 saturated carbocycles. The van der Waals surface area contributed by atoms with Crippen molar-refractivity contribution < 1.29 is 34.1 Å². The molecule has 2 amide bonds. The van der Waals surface area contributed by atoms with E-state index < -0.39 is 18.2 Å². The molecule has 1 aromatic carbocycles. The number of halogens is 1. The molecule has 0 heterocycles. The number of hydrogen-bond acceptors (Lipinski definition) is 7. The van der Waals surface area contributed by atoms with Crippen LogP contribution >= 0.6 is 22.6 Å². The lowest BCUT2D eigenvalue weighted by atomic mass is 9.85. The van der Waals surface area contributed by atoms with Crippen molar-refractivity contribution in [3.63, 3.8) is 0 Å². The van der Waals surface area contributed by atoms with E-state index in [-0.39, 0.29) is 31.4 Å². The van der Waals surface area contributed by atoms with Crippen molar-refractivity contribution >= 4 is 40.7 Å². The van der Waals surface area contributed by atoms with Gasteiger partial charge in [-0.15, -0.1) is 0 Å². The lowest BCUT2D eigenvalue weighted by molar-refractivity contribution is -0.134. The number of carbonyl (C=O) groups excluding carboxylic acids is 3. The molecule has 1 aromatic rings. The molecule has 10 heteroatoms. The topological polar surface area (TPSA) is 125 Å². The van der Waals surface area contributed by atoms with Crippen LogP contribution in [0.3, 0.4) is 0 Å². The average molecular weight is 655 g/mol. The van der Waals surface area contributed by atoms with E-state index in [2.05, 4.69) is 5.32 Å². The minimum atomic E-state index is -1.13. The molecule has 0 unspecified atom stereocenters. The van der Waals surface area contributed by atoms with Gasteiger partial charge in [-0.25, -0.2) is 0 Å². The zero-order chi connectivity index (χ0) is 28.4. The largest absolute Gasteiger partial charge is 0.493 e. The number of benzene rings is 1. The zero-order valence-corrected chi connectivity index (χ0v) is 24.8. The molecule has 2 aliphatic rings. The van der Waals surface area contributed by atoms with Crippen LogP contribution in [-0.2, 0) is 9.59 Å². The van der Waals surface area contributed by atoms with Gasteiger partial charge >= 0.3 is 0 Å². The van der Waals surface area contributed by atoms with Crippen LogP contribution in [0.5, 0.6) is 11.5 Å². The van der Waals surface area contributed by atoms with E-state index in [1.54, 1.807) is 35.3 Å². The summed E-state index contributed by atoms with van der Waals surface area (Å²) in [7, 11) is 1.46. The molecule has 0 spiro atoms. The minimum Gasteiger partial charge on any atom is -0.493 e. The van der Waals surface area contributed by atoms with E-state index in [0.717, 1.165) is 25.7 Å². The monoisotopic (exact) mass is 654 g/mol. The van der Waals surface area contributed by atoms with E-state index >= 15 is 0 Å². The number of rotatable bonds is 12. The fourth-order valence-electron chi connectivity index (χ4n) is 5.19.